The molecule has 5 heteroatoms. The van der Waals surface area contributed by atoms with Crippen molar-refractivity contribution in [1.29, 1.82) is 0 Å². The van der Waals surface area contributed by atoms with Gasteiger partial charge < -0.3 is 15.0 Å². The van der Waals surface area contributed by atoms with Gasteiger partial charge in [-0.2, -0.15) is 0 Å². The number of amides is 1. The minimum absolute atomic E-state index is 0. The third-order valence-corrected chi connectivity index (χ3v) is 5.34. The van der Waals surface area contributed by atoms with Gasteiger partial charge in [0.1, 0.15) is 5.75 Å². The molecule has 1 aliphatic carbocycles. The Bertz CT molecular complexity index is 570. The second kappa shape index (κ2) is 7.10. The van der Waals surface area contributed by atoms with Crippen LogP contribution in [0.5, 0.6) is 5.75 Å². The van der Waals surface area contributed by atoms with Crippen LogP contribution in [0.1, 0.15) is 30.4 Å². The van der Waals surface area contributed by atoms with Crippen molar-refractivity contribution in [1.82, 2.24) is 10.2 Å². The zero-order valence-electron chi connectivity index (χ0n) is 14.2. The number of nitrogens with zero attached hydrogens (tertiary/aromatic N) is 1. The Kier molecular flexibility index (Phi) is 5.58. The molecule has 128 valence electrons. The first-order valence-corrected chi connectivity index (χ1v) is 8.15. The number of aryl methyl sites for hydroxylation is 1. The van der Waals surface area contributed by atoms with Crippen molar-refractivity contribution in [3.8, 4) is 5.75 Å². The normalized spacial score (nSPS) is 21.4. The van der Waals surface area contributed by atoms with E-state index in [9.17, 15) is 4.79 Å². The van der Waals surface area contributed by atoms with Crippen LogP contribution in [0, 0.1) is 18.3 Å². The molecule has 23 heavy (non-hydrogen) atoms. The van der Waals surface area contributed by atoms with Crippen molar-refractivity contribution in [3.63, 3.8) is 0 Å². The zero-order valence-corrected chi connectivity index (χ0v) is 15.0. The smallest absolute Gasteiger partial charge is 0.226 e. The third kappa shape index (κ3) is 3.64. The average molecular weight is 339 g/mol. The van der Waals surface area contributed by atoms with Crippen LogP contribution in [0.4, 0.5) is 0 Å². The summed E-state index contributed by atoms with van der Waals surface area (Å²) in [6, 6.07) is 6.13. The summed E-state index contributed by atoms with van der Waals surface area (Å²) in [5, 5.41) is 3.39. The molecular formula is C18H27ClN2O2. The lowest BCUT2D eigenvalue weighted by atomic mass is 9.91. The summed E-state index contributed by atoms with van der Waals surface area (Å²) in [7, 11) is 3.61. The molecule has 1 heterocycles. The minimum Gasteiger partial charge on any atom is -0.496 e. The number of benzene rings is 1. The Morgan fingerprint density at radius 3 is 2.70 bits per heavy atom. The van der Waals surface area contributed by atoms with Gasteiger partial charge >= 0.3 is 0 Å². The fourth-order valence-electron chi connectivity index (χ4n) is 3.83. The maximum Gasteiger partial charge on any atom is 0.226 e. The lowest BCUT2D eigenvalue weighted by molar-refractivity contribution is -0.132. The molecule has 0 bridgehead atoms. The van der Waals surface area contributed by atoms with Crippen molar-refractivity contribution >= 4 is 18.3 Å². The van der Waals surface area contributed by atoms with Crippen molar-refractivity contribution in [2.24, 2.45) is 11.3 Å². The van der Waals surface area contributed by atoms with Gasteiger partial charge in [-0.3, -0.25) is 4.79 Å². The summed E-state index contributed by atoms with van der Waals surface area (Å²) >= 11 is 0. The van der Waals surface area contributed by atoms with Gasteiger partial charge in [-0.1, -0.05) is 12.1 Å². The molecule has 1 N–H and O–H groups in total. The van der Waals surface area contributed by atoms with E-state index < -0.39 is 0 Å². The quantitative estimate of drug-likeness (QED) is 0.917. The molecule has 4 nitrogen and oxygen atoms in total. The number of carbonyl (C=O) groups is 1. The molecule has 1 aliphatic heterocycles. The predicted octanol–water partition coefficient (Wildman–Crippen LogP) is 2.77. The van der Waals surface area contributed by atoms with E-state index >= 15 is 0 Å². The van der Waals surface area contributed by atoms with Crippen LogP contribution in [0.2, 0.25) is 0 Å². The predicted molar refractivity (Wildman–Crippen MR) is 94.1 cm³/mol. The molecule has 1 spiro atoms. The summed E-state index contributed by atoms with van der Waals surface area (Å²) < 4.78 is 5.29. The monoisotopic (exact) mass is 338 g/mol. The molecule has 2 aliphatic rings. The standard InChI is InChI=1S/C18H26N2O2.ClH/c1-13-10-14(4-5-16(13)22-3)12-20(2)17(21)15-11-18(15)6-8-19-9-7-18;/h4-5,10,15,19H,6-9,11-12H2,1-3H3;1H. The summed E-state index contributed by atoms with van der Waals surface area (Å²) in [5.41, 5.74) is 2.59. The third-order valence-electron chi connectivity index (χ3n) is 5.34. The van der Waals surface area contributed by atoms with Crippen molar-refractivity contribution in [2.75, 3.05) is 27.2 Å². The molecule has 1 saturated carbocycles. The highest BCUT2D eigenvalue weighted by atomic mass is 35.5. The fraction of sp³-hybridized carbons (Fsp3) is 0.611. The van der Waals surface area contributed by atoms with Crippen molar-refractivity contribution in [2.45, 2.75) is 32.7 Å². The Labute approximate surface area is 145 Å². The number of halogens is 1. The van der Waals surface area contributed by atoms with Gasteiger partial charge in [-0.15, -0.1) is 12.4 Å². The number of hydrogen-bond donors (Lipinski definition) is 1. The zero-order chi connectivity index (χ0) is 15.7. The Morgan fingerprint density at radius 1 is 1.39 bits per heavy atom. The summed E-state index contributed by atoms with van der Waals surface area (Å²) in [5.74, 6) is 1.46. The van der Waals surface area contributed by atoms with Gasteiger partial charge in [0.2, 0.25) is 5.91 Å². The number of rotatable bonds is 4. The van der Waals surface area contributed by atoms with Crippen LogP contribution in [-0.2, 0) is 11.3 Å². The summed E-state index contributed by atoms with van der Waals surface area (Å²) in [6.07, 6.45) is 3.39. The second-order valence-electron chi connectivity index (χ2n) is 6.87. The Morgan fingerprint density at radius 2 is 2.09 bits per heavy atom. The largest absolute Gasteiger partial charge is 0.496 e. The van der Waals surface area contributed by atoms with E-state index in [1.165, 1.54) is 0 Å². The van der Waals surface area contributed by atoms with Crippen LogP contribution < -0.4 is 10.1 Å². The van der Waals surface area contributed by atoms with Crippen LogP contribution in [0.3, 0.4) is 0 Å². The van der Waals surface area contributed by atoms with Gasteiger partial charge in [0.15, 0.2) is 0 Å². The SMILES string of the molecule is COc1ccc(CN(C)C(=O)C2CC23CCNCC3)cc1C.Cl. The lowest BCUT2D eigenvalue weighted by Gasteiger charge is -2.25. The molecule has 2 fully saturated rings. The van der Waals surface area contributed by atoms with E-state index in [0.717, 1.165) is 49.2 Å². The molecule has 3 rings (SSSR count). The van der Waals surface area contributed by atoms with Gasteiger partial charge in [0, 0.05) is 19.5 Å². The van der Waals surface area contributed by atoms with E-state index in [2.05, 4.69) is 11.4 Å². The first-order valence-electron chi connectivity index (χ1n) is 8.15. The highest BCUT2D eigenvalue weighted by Gasteiger charge is 2.58. The number of hydrogen-bond acceptors (Lipinski definition) is 3. The highest BCUT2D eigenvalue weighted by Crippen LogP contribution is 2.59. The topological polar surface area (TPSA) is 41.6 Å². The maximum atomic E-state index is 12.7. The van der Waals surface area contributed by atoms with Gasteiger partial charge in [-0.25, -0.2) is 0 Å². The van der Waals surface area contributed by atoms with Crippen molar-refractivity contribution < 1.29 is 9.53 Å². The van der Waals surface area contributed by atoms with Crippen LogP contribution in [0.25, 0.3) is 0 Å². The molecule has 0 aromatic heterocycles. The van der Waals surface area contributed by atoms with Gasteiger partial charge in [-0.05, 0) is 61.9 Å². The van der Waals surface area contributed by atoms with E-state index in [0.29, 0.717) is 17.9 Å². The van der Waals surface area contributed by atoms with E-state index in [-0.39, 0.29) is 18.3 Å². The number of nitrogens with one attached hydrogen (secondary N) is 1. The Hall–Kier alpha value is -1.26. The maximum absolute atomic E-state index is 12.7. The Balaban J connectivity index is 0.00000192. The molecule has 1 saturated heterocycles. The minimum atomic E-state index is 0. The molecule has 1 amide bonds. The molecule has 1 unspecified atom stereocenters. The highest BCUT2D eigenvalue weighted by molar-refractivity contribution is 5.85. The fourth-order valence-corrected chi connectivity index (χ4v) is 3.83. The van der Waals surface area contributed by atoms with Crippen LogP contribution in [-0.4, -0.2) is 38.1 Å². The van der Waals surface area contributed by atoms with Crippen molar-refractivity contribution in [3.05, 3.63) is 29.3 Å². The molecule has 1 aromatic carbocycles. The molecule has 1 aromatic rings. The number of methoxy groups -OCH3 is 1. The van der Waals surface area contributed by atoms with Crippen LogP contribution >= 0.6 is 12.4 Å². The number of ether oxygens (including phenoxy) is 1. The first kappa shape index (κ1) is 18.1. The van der Waals surface area contributed by atoms with E-state index in [1.54, 1.807) is 7.11 Å². The lowest BCUT2D eigenvalue weighted by Crippen LogP contribution is -2.34. The second-order valence-corrected chi connectivity index (χ2v) is 6.87. The summed E-state index contributed by atoms with van der Waals surface area (Å²) in [6.45, 7) is 4.83. The summed E-state index contributed by atoms with van der Waals surface area (Å²) in [4.78, 5) is 14.6. The molecule has 0 radical (unpaired) electrons. The number of carbonyl (C=O) groups excluding carboxylic acids is 1. The van der Waals surface area contributed by atoms with Gasteiger partial charge in [0.05, 0.1) is 7.11 Å². The average Bonchev–Trinajstić information content (AvgIpc) is 3.20. The number of piperidine rings is 1. The van der Waals surface area contributed by atoms with Gasteiger partial charge in [0.25, 0.3) is 0 Å². The first-order chi connectivity index (χ1) is 10.6. The van der Waals surface area contributed by atoms with Crippen LogP contribution in [0.15, 0.2) is 18.2 Å². The molecule has 1 atom stereocenters. The molecular weight excluding hydrogens is 312 g/mol. The van der Waals surface area contributed by atoms with E-state index in [1.807, 2.05) is 31.0 Å². The van der Waals surface area contributed by atoms with E-state index in [4.69, 9.17) is 4.74 Å².